The first-order valence-electron chi connectivity index (χ1n) is 6.04. The van der Waals surface area contributed by atoms with Crippen LogP contribution in [0.4, 0.5) is 4.39 Å². The zero-order valence-corrected chi connectivity index (χ0v) is 10.9. The molecule has 17 heavy (non-hydrogen) atoms. The smallest absolute Gasteiger partial charge is 0.123 e. The topological polar surface area (TPSA) is 21.3 Å². The second-order valence-corrected chi connectivity index (χ2v) is 5.10. The number of benzene rings is 1. The molecule has 1 aromatic rings. The number of hydrogen-bond acceptors (Lipinski definition) is 2. The van der Waals surface area contributed by atoms with Crippen LogP contribution in [-0.2, 0) is 6.54 Å². The fraction of sp³-hybridized carbons (Fsp3) is 0.571. The van der Waals surface area contributed by atoms with Crippen molar-refractivity contribution in [3.63, 3.8) is 0 Å². The Morgan fingerprint density at radius 2 is 1.94 bits per heavy atom. The van der Waals surface area contributed by atoms with Crippen LogP contribution in [-0.4, -0.2) is 18.8 Å². The summed E-state index contributed by atoms with van der Waals surface area (Å²) in [4.78, 5) is 0. The third-order valence-corrected chi connectivity index (χ3v) is 2.32. The minimum atomic E-state index is -0.331. The maximum absolute atomic E-state index is 12.0. The van der Waals surface area contributed by atoms with Crippen LogP contribution in [0, 0.1) is 0 Å². The second-order valence-electron chi connectivity index (χ2n) is 5.10. The molecule has 0 bridgehead atoms. The average molecular weight is 239 g/mol. The second kappa shape index (κ2) is 6.60. The SMILES string of the molecule is CC(C)(C)NCc1ccccc1OCCCF. The van der Waals surface area contributed by atoms with E-state index < -0.39 is 0 Å². The van der Waals surface area contributed by atoms with E-state index in [-0.39, 0.29) is 12.2 Å². The summed E-state index contributed by atoms with van der Waals surface area (Å²) in [6, 6.07) is 7.88. The maximum Gasteiger partial charge on any atom is 0.123 e. The van der Waals surface area contributed by atoms with Crippen molar-refractivity contribution in [2.75, 3.05) is 13.3 Å². The Balaban J connectivity index is 2.58. The van der Waals surface area contributed by atoms with Crippen LogP contribution in [0.15, 0.2) is 24.3 Å². The number of para-hydroxylation sites is 1. The summed E-state index contributed by atoms with van der Waals surface area (Å²) in [5, 5.41) is 3.41. The van der Waals surface area contributed by atoms with Crippen molar-refractivity contribution in [3.8, 4) is 5.75 Å². The van der Waals surface area contributed by atoms with E-state index in [1.165, 1.54) is 0 Å². The minimum Gasteiger partial charge on any atom is -0.493 e. The van der Waals surface area contributed by atoms with Gasteiger partial charge in [0, 0.05) is 24.1 Å². The molecule has 0 saturated heterocycles. The van der Waals surface area contributed by atoms with Crippen LogP contribution in [0.2, 0.25) is 0 Å². The van der Waals surface area contributed by atoms with Crippen LogP contribution in [0.25, 0.3) is 0 Å². The van der Waals surface area contributed by atoms with Gasteiger partial charge in [-0.05, 0) is 26.8 Å². The monoisotopic (exact) mass is 239 g/mol. The van der Waals surface area contributed by atoms with Crippen molar-refractivity contribution in [1.29, 1.82) is 0 Å². The van der Waals surface area contributed by atoms with Crippen molar-refractivity contribution in [2.24, 2.45) is 0 Å². The Hall–Kier alpha value is -1.09. The average Bonchev–Trinajstić information content (AvgIpc) is 2.27. The van der Waals surface area contributed by atoms with Gasteiger partial charge >= 0.3 is 0 Å². The highest BCUT2D eigenvalue weighted by Gasteiger charge is 2.10. The molecule has 0 fully saturated rings. The highest BCUT2D eigenvalue weighted by atomic mass is 19.1. The lowest BCUT2D eigenvalue weighted by Gasteiger charge is -2.21. The Morgan fingerprint density at radius 3 is 2.59 bits per heavy atom. The molecule has 0 saturated carbocycles. The van der Waals surface area contributed by atoms with E-state index in [0.717, 1.165) is 17.9 Å². The van der Waals surface area contributed by atoms with Crippen LogP contribution < -0.4 is 10.1 Å². The predicted octanol–water partition coefficient (Wildman–Crippen LogP) is 3.31. The first-order chi connectivity index (χ1) is 8.03. The summed E-state index contributed by atoms with van der Waals surface area (Å²) < 4.78 is 17.6. The van der Waals surface area contributed by atoms with E-state index in [4.69, 9.17) is 4.74 Å². The molecule has 0 spiro atoms. The van der Waals surface area contributed by atoms with Gasteiger partial charge in [0.05, 0.1) is 13.3 Å². The van der Waals surface area contributed by atoms with Crippen LogP contribution in [0.5, 0.6) is 5.75 Å². The molecule has 0 unspecified atom stereocenters. The Morgan fingerprint density at radius 1 is 1.24 bits per heavy atom. The van der Waals surface area contributed by atoms with Crippen molar-refractivity contribution in [2.45, 2.75) is 39.3 Å². The van der Waals surface area contributed by atoms with Gasteiger partial charge in [-0.1, -0.05) is 18.2 Å². The molecule has 0 aliphatic heterocycles. The summed E-state index contributed by atoms with van der Waals surface area (Å²) in [7, 11) is 0. The predicted molar refractivity (Wildman–Crippen MR) is 69.1 cm³/mol. The summed E-state index contributed by atoms with van der Waals surface area (Å²) in [5.74, 6) is 0.845. The number of rotatable bonds is 6. The molecular weight excluding hydrogens is 217 g/mol. The quantitative estimate of drug-likeness (QED) is 0.769. The van der Waals surface area contributed by atoms with Crippen LogP contribution in [0.1, 0.15) is 32.8 Å². The van der Waals surface area contributed by atoms with E-state index in [9.17, 15) is 4.39 Å². The largest absolute Gasteiger partial charge is 0.493 e. The molecule has 96 valence electrons. The Labute approximate surface area is 103 Å². The Bertz CT molecular complexity index is 333. The van der Waals surface area contributed by atoms with Crippen LogP contribution >= 0.6 is 0 Å². The van der Waals surface area contributed by atoms with Crippen molar-refractivity contribution < 1.29 is 9.13 Å². The molecule has 0 aromatic heterocycles. The first kappa shape index (κ1) is 14.0. The van der Waals surface area contributed by atoms with Gasteiger partial charge in [-0.15, -0.1) is 0 Å². The number of alkyl halides is 1. The molecule has 0 amide bonds. The third kappa shape index (κ3) is 5.68. The fourth-order valence-corrected chi connectivity index (χ4v) is 1.39. The first-order valence-corrected chi connectivity index (χ1v) is 6.04. The zero-order chi connectivity index (χ0) is 12.7. The van der Waals surface area contributed by atoms with Crippen molar-refractivity contribution in [3.05, 3.63) is 29.8 Å². The lowest BCUT2D eigenvalue weighted by Crippen LogP contribution is -2.35. The normalized spacial score (nSPS) is 11.5. The van der Waals surface area contributed by atoms with E-state index in [1.807, 2.05) is 24.3 Å². The molecular formula is C14H22FNO. The molecule has 0 radical (unpaired) electrons. The van der Waals surface area contributed by atoms with Gasteiger partial charge < -0.3 is 10.1 Å². The summed E-state index contributed by atoms with van der Waals surface area (Å²) in [6.45, 7) is 7.24. The number of nitrogens with one attached hydrogen (secondary N) is 1. The van der Waals surface area contributed by atoms with Crippen LogP contribution in [0.3, 0.4) is 0 Å². The lowest BCUT2D eigenvalue weighted by atomic mass is 10.1. The highest BCUT2D eigenvalue weighted by molar-refractivity contribution is 5.33. The Kier molecular flexibility index (Phi) is 5.42. The van der Waals surface area contributed by atoms with Gasteiger partial charge in [-0.3, -0.25) is 4.39 Å². The molecule has 3 heteroatoms. The molecule has 1 aromatic carbocycles. The molecule has 1 rings (SSSR count). The molecule has 0 aliphatic carbocycles. The minimum absolute atomic E-state index is 0.0754. The maximum atomic E-state index is 12.0. The van der Waals surface area contributed by atoms with Gasteiger partial charge in [0.1, 0.15) is 5.75 Å². The van der Waals surface area contributed by atoms with E-state index in [2.05, 4.69) is 26.1 Å². The molecule has 0 atom stereocenters. The summed E-state index contributed by atoms with van der Waals surface area (Å²) in [6.07, 6.45) is 0.445. The zero-order valence-electron chi connectivity index (χ0n) is 10.9. The van der Waals surface area contributed by atoms with Gasteiger partial charge in [0.25, 0.3) is 0 Å². The fourth-order valence-electron chi connectivity index (χ4n) is 1.39. The van der Waals surface area contributed by atoms with Crippen molar-refractivity contribution in [1.82, 2.24) is 5.32 Å². The lowest BCUT2D eigenvalue weighted by molar-refractivity contribution is 0.285. The van der Waals surface area contributed by atoms with Gasteiger partial charge in [-0.2, -0.15) is 0 Å². The molecule has 1 N–H and O–H groups in total. The summed E-state index contributed by atoms with van der Waals surface area (Å²) in [5.41, 5.74) is 1.19. The van der Waals surface area contributed by atoms with Crippen molar-refractivity contribution >= 4 is 0 Å². The van der Waals surface area contributed by atoms with Gasteiger partial charge in [0.2, 0.25) is 0 Å². The number of ether oxygens (including phenoxy) is 1. The molecule has 0 heterocycles. The van der Waals surface area contributed by atoms with E-state index in [1.54, 1.807) is 0 Å². The van der Waals surface area contributed by atoms with Gasteiger partial charge in [0.15, 0.2) is 0 Å². The van der Waals surface area contributed by atoms with E-state index >= 15 is 0 Å². The third-order valence-electron chi connectivity index (χ3n) is 2.32. The number of halogens is 1. The number of hydrogen-bond donors (Lipinski definition) is 1. The highest BCUT2D eigenvalue weighted by Crippen LogP contribution is 2.18. The molecule has 0 aliphatic rings. The standard InChI is InChI=1S/C14H22FNO/c1-14(2,3)16-11-12-7-4-5-8-13(12)17-10-6-9-15/h4-5,7-8,16H,6,9-11H2,1-3H3. The summed E-state index contributed by atoms with van der Waals surface area (Å²) >= 11 is 0. The van der Waals surface area contributed by atoms with E-state index in [0.29, 0.717) is 13.0 Å². The van der Waals surface area contributed by atoms with Gasteiger partial charge in [-0.25, -0.2) is 0 Å². The molecule has 2 nitrogen and oxygen atoms in total.